The van der Waals surface area contributed by atoms with Gasteiger partial charge in [-0.05, 0) is 36.6 Å². The van der Waals surface area contributed by atoms with Gasteiger partial charge in [0, 0.05) is 32.1 Å². The molecule has 5 nitrogen and oxygen atoms in total. The Hall–Kier alpha value is -1.75. The second-order valence-electron chi connectivity index (χ2n) is 6.73. The Bertz CT molecular complexity index is 541. The van der Waals surface area contributed by atoms with Gasteiger partial charge in [0.1, 0.15) is 11.9 Å². The molecule has 1 fully saturated rings. The van der Waals surface area contributed by atoms with E-state index in [1.807, 2.05) is 32.2 Å². The highest BCUT2D eigenvalue weighted by Gasteiger charge is 2.17. The van der Waals surface area contributed by atoms with E-state index in [9.17, 15) is 4.79 Å². The van der Waals surface area contributed by atoms with Crippen molar-refractivity contribution in [1.29, 1.82) is 0 Å². The van der Waals surface area contributed by atoms with Gasteiger partial charge in [0.25, 0.3) is 0 Å². The maximum absolute atomic E-state index is 12.2. The number of amides is 2. The smallest absolute Gasteiger partial charge is 0.321 e. The van der Waals surface area contributed by atoms with E-state index in [0.717, 1.165) is 56.0 Å². The number of hydrogen-bond acceptors (Lipinski definition) is 3. The molecule has 1 aromatic carbocycles. The van der Waals surface area contributed by atoms with Crippen LogP contribution in [0.1, 0.15) is 38.7 Å². The molecule has 134 valence electrons. The molecule has 2 rings (SSSR count). The van der Waals surface area contributed by atoms with Crippen LogP contribution in [0.3, 0.4) is 0 Å². The lowest BCUT2D eigenvalue weighted by atomic mass is 10.1. The predicted octanol–water partition coefficient (Wildman–Crippen LogP) is 4.06. The summed E-state index contributed by atoms with van der Waals surface area (Å²) in [6.45, 7) is 8.58. The molecule has 0 bridgehead atoms. The molecule has 1 N–H and O–H groups in total. The van der Waals surface area contributed by atoms with E-state index in [1.54, 1.807) is 4.90 Å². The maximum Gasteiger partial charge on any atom is 0.321 e. The normalized spacial score (nSPS) is 16.5. The summed E-state index contributed by atoms with van der Waals surface area (Å²) in [6, 6.07) is 5.72. The number of ether oxygens (including phenoxy) is 2. The highest BCUT2D eigenvalue weighted by atomic mass is 16.5. The molecule has 2 amide bonds. The first-order valence-electron chi connectivity index (χ1n) is 8.86. The summed E-state index contributed by atoms with van der Waals surface area (Å²) in [5.74, 6) is 1.38. The minimum absolute atomic E-state index is 0.0761. The van der Waals surface area contributed by atoms with Gasteiger partial charge in [0.2, 0.25) is 0 Å². The van der Waals surface area contributed by atoms with Crippen molar-refractivity contribution in [1.82, 2.24) is 4.90 Å². The minimum atomic E-state index is -0.0761. The fourth-order valence-electron chi connectivity index (χ4n) is 2.73. The van der Waals surface area contributed by atoms with Crippen molar-refractivity contribution in [2.75, 3.05) is 32.1 Å². The Morgan fingerprint density at radius 1 is 1.42 bits per heavy atom. The molecule has 1 saturated heterocycles. The third-order valence-electron chi connectivity index (χ3n) is 4.52. The first kappa shape index (κ1) is 18.6. The van der Waals surface area contributed by atoms with Crippen molar-refractivity contribution in [2.45, 2.75) is 46.1 Å². The number of urea groups is 1. The topological polar surface area (TPSA) is 50.8 Å². The number of nitrogens with one attached hydrogen (secondary N) is 1. The van der Waals surface area contributed by atoms with E-state index < -0.39 is 0 Å². The van der Waals surface area contributed by atoms with E-state index in [-0.39, 0.29) is 12.1 Å². The van der Waals surface area contributed by atoms with Crippen LogP contribution in [-0.2, 0) is 4.74 Å². The average molecular weight is 334 g/mol. The Balaban J connectivity index is 1.92. The van der Waals surface area contributed by atoms with Crippen molar-refractivity contribution in [3.63, 3.8) is 0 Å². The first-order valence-corrected chi connectivity index (χ1v) is 8.86. The van der Waals surface area contributed by atoms with Crippen molar-refractivity contribution in [3.05, 3.63) is 23.8 Å². The lowest BCUT2D eigenvalue weighted by Gasteiger charge is -2.24. The number of aryl methyl sites for hydroxylation is 1. The molecule has 1 atom stereocenters. The number of carbonyl (C=O) groups is 1. The molecular weight excluding hydrogens is 304 g/mol. The largest absolute Gasteiger partial charge is 0.490 e. The Kier molecular flexibility index (Phi) is 6.91. The molecule has 0 unspecified atom stereocenters. The highest BCUT2D eigenvalue weighted by Crippen LogP contribution is 2.25. The lowest BCUT2D eigenvalue weighted by molar-refractivity contribution is 0.0253. The Morgan fingerprint density at radius 2 is 2.12 bits per heavy atom. The summed E-state index contributed by atoms with van der Waals surface area (Å²) in [7, 11) is 1.83. The van der Waals surface area contributed by atoms with E-state index in [1.165, 1.54) is 0 Å². The van der Waals surface area contributed by atoms with Crippen LogP contribution in [0, 0.1) is 12.8 Å². The second kappa shape index (κ2) is 8.92. The summed E-state index contributed by atoms with van der Waals surface area (Å²) < 4.78 is 11.4. The molecule has 0 spiro atoms. The summed E-state index contributed by atoms with van der Waals surface area (Å²) in [4.78, 5) is 14.0. The molecular formula is C19H30N2O3. The van der Waals surface area contributed by atoms with Crippen molar-refractivity contribution >= 4 is 11.7 Å². The number of carbonyl (C=O) groups excluding carboxylic acids is 1. The number of anilines is 1. The SMILES string of the molecule is CC[C@H](C)CN(C)C(=O)Nc1ccc(OC2CCOCC2)c(C)c1. The van der Waals surface area contributed by atoms with E-state index in [4.69, 9.17) is 9.47 Å². The van der Waals surface area contributed by atoms with Gasteiger partial charge in [-0.15, -0.1) is 0 Å². The number of hydrogen-bond donors (Lipinski definition) is 1. The third kappa shape index (κ3) is 5.41. The summed E-state index contributed by atoms with van der Waals surface area (Å²) in [5.41, 5.74) is 1.83. The molecule has 1 aromatic rings. The standard InChI is InChI=1S/C19H30N2O3/c1-5-14(2)13-21(4)19(22)20-16-6-7-18(15(3)12-16)24-17-8-10-23-11-9-17/h6-7,12,14,17H,5,8-11,13H2,1-4H3,(H,20,22)/t14-/m0/s1. The molecule has 24 heavy (non-hydrogen) atoms. The lowest BCUT2D eigenvalue weighted by Crippen LogP contribution is -2.34. The second-order valence-corrected chi connectivity index (χ2v) is 6.73. The molecule has 5 heteroatoms. The van der Waals surface area contributed by atoms with E-state index in [2.05, 4.69) is 19.2 Å². The average Bonchev–Trinajstić information content (AvgIpc) is 2.58. The van der Waals surface area contributed by atoms with Crippen LogP contribution < -0.4 is 10.1 Å². The van der Waals surface area contributed by atoms with Crippen LogP contribution in [0.25, 0.3) is 0 Å². The van der Waals surface area contributed by atoms with Gasteiger partial charge >= 0.3 is 6.03 Å². The van der Waals surface area contributed by atoms with Gasteiger partial charge in [-0.25, -0.2) is 4.79 Å². The summed E-state index contributed by atoms with van der Waals surface area (Å²) in [5, 5.41) is 2.95. The molecule has 1 heterocycles. The van der Waals surface area contributed by atoms with Crippen molar-refractivity contribution < 1.29 is 14.3 Å². The summed E-state index contributed by atoms with van der Waals surface area (Å²) >= 11 is 0. The molecule has 0 aliphatic carbocycles. The fourth-order valence-corrected chi connectivity index (χ4v) is 2.73. The summed E-state index contributed by atoms with van der Waals surface area (Å²) in [6.07, 6.45) is 3.14. The highest BCUT2D eigenvalue weighted by molar-refractivity contribution is 5.89. The molecule has 1 aliphatic rings. The monoisotopic (exact) mass is 334 g/mol. The maximum atomic E-state index is 12.2. The molecule has 0 radical (unpaired) electrons. The van der Waals surface area contributed by atoms with Crippen LogP contribution in [0.4, 0.5) is 10.5 Å². The van der Waals surface area contributed by atoms with Crippen LogP contribution in [-0.4, -0.2) is 43.8 Å². The van der Waals surface area contributed by atoms with Crippen molar-refractivity contribution in [2.24, 2.45) is 5.92 Å². The van der Waals surface area contributed by atoms with Crippen LogP contribution in [0.15, 0.2) is 18.2 Å². The van der Waals surface area contributed by atoms with Crippen LogP contribution in [0.5, 0.6) is 5.75 Å². The van der Waals surface area contributed by atoms with Crippen molar-refractivity contribution in [3.8, 4) is 5.75 Å². The zero-order valence-electron chi connectivity index (χ0n) is 15.3. The quantitative estimate of drug-likeness (QED) is 0.853. The van der Waals surface area contributed by atoms with Crippen LogP contribution >= 0.6 is 0 Å². The fraction of sp³-hybridized carbons (Fsp3) is 0.632. The predicted molar refractivity (Wildman–Crippen MR) is 96.8 cm³/mol. The molecule has 0 saturated carbocycles. The van der Waals surface area contributed by atoms with Gasteiger partial charge in [0.15, 0.2) is 0 Å². The van der Waals surface area contributed by atoms with E-state index in [0.29, 0.717) is 5.92 Å². The van der Waals surface area contributed by atoms with E-state index >= 15 is 0 Å². The number of benzene rings is 1. The minimum Gasteiger partial charge on any atom is -0.490 e. The first-order chi connectivity index (χ1) is 11.5. The van der Waals surface area contributed by atoms with Crippen LogP contribution in [0.2, 0.25) is 0 Å². The van der Waals surface area contributed by atoms with Gasteiger partial charge in [-0.3, -0.25) is 0 Å². The van der Waals surface area contributed by atoms with Gasteiger partial charge in [-0.1, -0.05) is 20.3 Å². The number of rotatable bonds is 6. The molecule has 1 aliphatic heterocycles. The zero-order valence-corrected chi connectivity index (χ0v) is 15.3. The zero-order chi connectivity index (χ0) is 17.5. The Morgan fingerprint density at radius 3 is 2.75 bits per heavy atom. The number of nitrogens with zero attached hydrogens (tertiary/aromatic N) is 1. The molecule has 0 aromatic heterocycles. The van der Waals surface area contributed by atoms with Gasteiger partial charge in [-0.2, -0.15) is 0 Å². The Labute approximate surface area is 145 Å². The van der Waals surface area contributed by atoms with Gasteiger partial charge in [0.05, 0.1) is 13.2 Å². The van der Waals surface area contributed by atoms with Gasteiger partial charge < -0.3 is 19.7 Å². The third-order valence-corrected chi connectivity index (χ3v) is 4.52.